The fourth-order valence-corrected chi connectivity index (χ4v) is 6.54. The molecule has 7 heteroatoms. The lowest BCUT2D eigenvalue weighted by Crippen LogP contribution is -2.42. The molecule has 0 saturated carbocycles. The van der Waals surface area contributed by atoms with Crippen LogP contribution in [0.4, 0.5) is 0 Å². The summed E-state index contributed by atoms with van der Waals surface area (Å²) < 4.78 is 0. The summed E-state index contributed by atoms with van der Waals surface area (Å²) in [5.74, 6) is -0.667. The summed E-state index contributed by atoms with van der Waals surface area (Å²) in [5.41, 5.74) is 1.21. The molecule has 1 saturated heterocycles. The van der Waals surface area contributed by atoms with Crippen molar-refractivity contribution in [2.45, 2.75) is 31.7 Å². The highest BCUT2D eigenvalue weighted by atomic mass is 32.1. The molecule has 0 unspecified atom stereocenters. The third kappa shape index (κ3) is 3.16. The molecule has 3 atom stereocenters. The average Bonchev–Trinajstić information content (AvgIpc) is 3.48. The number of likely N-dealkylation sites (tertiary alicyclic amines) is 1. The minimum atomic E-state index is -0.232. The number of allylic oxidation sites excluding steroid dienone is 2. The van der Waals surface area contributed by atoms with E-state index >= 15 is 0 Å². The summed E-state index contributed by atoms with van der Waals surface area (Å²) in [4.78, 5) is 44.3. The molecule has 5 rings (SSSR count). The van der Waals surface area contributed by atoms with Gasteiger partial charge in [0.15, 0.2) is 0 Å². The second kappa shape index (κ2) is 7.54. The van der Waals surface area contributed by atoms with Gasteiger partial charge in [-0.1, -0.05) is 18.2 Å². The largest absolute Gasteiger partial charge is 0.330 e. The molecule has 0 aromatic carbocycles. The van der Waals surface area contributed by atoms with E-state index in [4.69, 9.17) is 0 Å². The summed E-state index contributed by atoms with van der Waals surface area (Å²) in [6.07, 6.45) is 6.28. The van der Waals surface area contributed by atoms with E-state index in [1.54, 1.807) is 22.7 Å². The minimum Gasteiger partial charge on any atom is -0.330 e. The fourth-order valence-electron chi connectivity index (χ4n) is 4.78. The van der Waals surface area contributed by atoms with E-state index in [-0.39, 0.29) is 48.6 Å². The zero-order valence-corrected chi connectivity index (χ0v) is 17.6. The molecule has 0 radical (unpaired) electrons. The van der Waals surface area contributed by atoms with Crippen LogP contribution in [0.5, 0.6) is 0 Å². The van der Waals surface area contributed by atoms with Crippen molar-refractivity contribution in [3.63, 3.8) is 0 Å². The van der Waals surface area contributed by atoms with Crippen molar-refractivity contribution in [2.75, 3.05) is 13.1 Å². The van der Waals surface area contributed by atoms with Gasteiger partial charge in [0.05, 0.1) is 17.9 Å². The zero-order chi connectivity index (χ0) is 20.0. The third-order valence-corrected chi connectivity index (χ3v) is 8.17. The molecule has 0 N–H and O–H groups in total. The first-order valence-electron chi connectivity index (χ1n) is 10.0. The van der Waals surface area contributed by atoms with E-state index in [0.29, 0.717) is 19.4 Å². The summed E-state index contributed by atoms with van der Waals surface area (Å²) in [5, 5.41) is 4.13. The number of hydrogen-bond acceptors (Lipinski definition) is 5. The Morgan fingerprint density at radius 2 is 1.79 bits per heavy atom. The van der Waals surface area contributed by atoms with Crippen LogP contribution in [0.15, 0.2) is 41.1 Å². The maximum Gasteiger partial charge on any atom is 0.233 e. The molecule has 4 heterocycles. The molecule has 2 aromatic rings. The molecule has 0 spiro atoms. The molecule has 5 nitrogen and oxygen atoms in total. The standard InChI is InChI=1S/C22H22N2O3S2/c25-19(8-11-24-21(26)14-4-1-2-5-15(14)22(24)27)23-10-7-17-16(9-13-29-17)20(23)18-6-3-12-28-18/h1-3,6,9,12-15,20H,4-5,7-8,10-11H2/t14-,15-,20+/m1/s1. The number of hydrogen-bond donors (Lipinski definition) is 0. The van der Waals surface area contributed by atoms with Gasteiger partial charge in [-0.2, -0.15) is 0 Å². The van der Waals surface area contributed by atoms with Gasteiger partial charge in [-0.3, -0.25) is 19.3 Å². The van der Waals surface area contributed by atoms with E-state index in [2.05, 4.69) is 17.5 Å². The first-order valence-corrected chi connectivity index (χ1v) is 11.8. The number of nitrogens with zero attached hydrogens (tertiary/aromatic N) is 2. The van der Waals surface area contributed by atoms with Crippen LogP contribution in [0, 0.1) is 11.8 Å². The number of thiophene rings is 2. The van der Waals surface area contributed by atoms with Crippen molar-refractivity contribution >= 4 is 40.4 Å². The summed E-state index contributed by atoms with van der Waals surface area (Å²) >= 11 is 3.41. The Morgan fingerprint density at radius 1 is 1.03 bits per heavy atom. The van der Waals surface area contributed by atoms with Crippen molar-refractivity contribution in [3.05, 3.63) is 56.4 Å². The van der Waals surface area contributed by atoms with Crippen molar-refractivity contribution in [1.82, 2.24) is 9.80 Å². The number of carbonyl (C=O) groups is 3. The van der Waals surface area contributed by atoms with Gasteiger partial charge in [-0.05, 0) is 47.7 Å². The molecular formula is C22H22N2O3S2. The van der Waals surface area contributed by atoms with Gasteiger partial charge in [-0.25, -0.2) is 0 Å². The number of rotatable bonds is 4. The first-order chi connectivity index (χ1) is 14.1. The predicted octanol–water partition coefficient (Wildman–Crippen LogP) is 3.63. The third-order valence-electron chi connectivity index (χ3n) is 6.25. The highest BCUT2D eigenvalue weighted by Crippen LogP contribution is 2.40. The van der Waals surface area contributed by atoms with Gasteiger partial charge in [0.1, 0.15) is 0 Å². The molecule has 3 aliphatic rings. The Labute approximate surface area is 177 Å². The monoisotopic (exact) mass is 426 g/mol. The second-order valence-electron chi connectivity index (χ2n) is 7.79. The molecule has 0 bridgehead atoms. The molecule has 3 amide bonds. The van der Waals surface area contributed by atoms with Crippen LogP contribution in [-0.2, 0) is 20.8 Å². The molecule has 2 aromatic heterocycles. The van der Waals surface area contributed by atoms with Crippen LogP contribution in [0.1, 0.15) is 40.6 Å². The minimum absolute atomic E-state index is 0.00819. The Kier molecular flexibility index (Phi) is 4.87. The van der Waals surface area contributed by atoms with Crippen molar-refractivity contribution in [1.29, 1.82) is 0 Å². The first kappa shape index (κ1) is 18.8. The fraction of sp³-hybridized carbons (Fsp3) is 0.409. The SMILES string of the molecule is O=C1[C@@H]2CC=CC[C@H]2C(=O)N1CCC(=O)N1CCc2sccc2[C@H]1c1cccs1. The van der Waals surface area contributed by atoms with Gasteiger partial charge < -0.3 is 4.90 Å². The molecule has 1 aliphatic carbocycles. The van der Waals surface area contributed by atoms with Crippen LogP contribution in [0.3, 0.4) is 0 Å². The number of imide groups is 1. The maximum atomic E-state index is 13.2. The number of carbonyl (C=O) groups excluding carboxylic acids is 3. The van der Waals surface area contributed by atoms with E-state index < -0.39 is 0 Å². The smallest absolute Gasteiger partial charge is 0.233 e. The Morgan fingerprint density at radius 3 is 2.48 bits per heavy atom. The van der Waals surface area contributed by atoms with Crippen LogP contribution in [0.25, 0.3) is 0 Å². The predicted molar refractivity (Wildman–Crippen MR) is 113 cm³/mol. The lowest BCUT2D eigenvalue weighted by atomic mass is 9.85. The average molecular weight is 427 g/mol. The summed E-state index contributed by atoms with van der Waals surface area (Å²) in [6.45, 7) is 0.861. The van der Waals surface area contributed by atoms with Gasteiger partial charge in [0.25, 0.3) is 0 Å². The Bertz CT molecular complexity index is 952. The topological polar surface area (TPSA) is 57.7 Å². The van der Waals surface area contributed by atoms with Crippen LogP contribution < -0.4 is 0 Å². The molecular weight excluding hydrogens is 404 g/mol. The Hall–Kier alpha value is -2.25. The summed E-state index contributed by atoms with van der Waals surface area (Å²) in [7, 11) is 0. The van der Waals surface area contributed by atoms with Crippen LogP contribution in [-0.4, -0.2) is 40.6 Å². The van der Waals surface area contributed by atoms with Gasteiger partial charge in [0.2, 0.25) is 17.7 Å². The van der Waals surface area contributed by atoms with E-state index in [9.17, 15) is 14.4 Å². The lowest BCUT2D eigenvalue weighted by Gasteiger charge is -2.36. The van der Waals surface area contributed by atoms with Gasteiger partial charge in [-0.15, -0.1) is 22.7 Å². The van der Waals surface area contributed by atoms with Crippen molar-refractivity contribution in [3.8, 4) is 0 Å². The Balaban J connectivity index is 1.32. The van der Waals surface area contributed by atoms with E-state index in [1.165, 1.54) is 15.3 Å². The highest BCUT2D eigenvalue weighted by molar-refractivity contribution is 7.10. The van der Waals surface area contributed by atoms with Crippen molar-refractivity contribution in [2.24, 2.45) is 11.8 Å². The van der Waals surface area contributed by atoms with Crippen LogP contribution >= 0.6 is 22.7 Å². The molecule has 29 heavy (non-hydrogen) atoms. The quantitative estimate of drug-likeness (QED) is 0.554. The molecule has 2 aliphatic heterocycles. The highest BCUT2D eigenvalue weighted by Gasteiger charge is 2.47. The zero-order valence-electron chi connectivity index (χ0n) is 16.0. The normalized spacial score (nSPS) is 26.0. The molecule has 150 valence electrons. The lowest BCUT2D eigenvalue weighted by molar-refractivity contribution is -0.141. The summed E-state index contributed by atoms with van der Waals surface area (Å²) in [6, 6.07) is 6.15. The second-order valence-corrected chi connectivity index (χ2v) is 9.77. The molecule has 1 fully saturated rings. The van der Waals surface area contributed by atoms with E-state index in [0.717, 1.165) is 11.3 Å². The van der Waals surface area contributed by atoms with E-state index in [1.807, 2.05) is 28.5 Å². The van der Waals surface area contributed by atoms with Crippen molar-refractivity contribution < 1.29 is 14.4 Å². The number of fused-ring (bicyclic) bond motifs is 2. The van der Waals surface area contributed by atoms with Gasteiger partial charge >= 0.3 is 0 Å². The van der Waals surface area contributed by atoms with Crippen LogP contribution in [0.2, 0.25) is 0 Å². The number of amides is 3. The van der Waals surface area contributed by atoms with Gasteiger partial charge in [0, 0.05) is 29.3 Å². The maximum absolute atomic E-state index is 13.2.